The van der Waals surface area contributed by atoms with Crippen LogP contribution in [-0.4, -0.2) is 9.55 Å². The monoisotopic (exact) mass is 448 g/mol. The summed E-state index contributed by atoms with van der Waals surface area (Å²) in [6.45, 7) is 4.24. The SMILES string of the molecule is Cc1ccc(-c2c(C)sc3ncn(Cc4c(Cl)ccc(Cl)c4Cl)c(=O)c23)cc1. The molecule has 2 heterocycles. The van der Waals surface area contributed by atoms with Crippen molar-refractivity contribution in [1.29, 1.82) is 0 Å². The molecule has 28 heavy (non-hydrogen) atoms. The molecule has 0 saturated carbocycles. The first-order valence-electron chi connectivity index (χ1n) is 8.54. The highest BCUT2D eigenvalue weighted by Gasteiger charge is 2.18. The lowest BCUT2D eigenvalue weighted by Gasteiger charge is -2.11. The van der Waals surface area contributed by atoms with Gasteiger partial charge < -0.3 is 0 Å². The summed E-state index contributed by atoms with van der Waals surface area (Å²) in [7, 11) is 0. The van der Waals surface area contributed by atoms with Crippen LogP contribution in [0.5, 0.6) is 0 Å². The summed E-state index contributed by atoms with van der Waals surface area (Å²) in [6, 6.07) is 11.5. The smallest absolute Gasteiger partial charge is 0.263 e. The highest BCUT2D eigenvalue weighted by atomic mass is 35.5. The molecule has 0 amide bonds. The lowest BCUT2D eigenvalue weighted by molar-refractivity contribution is 0.750. The van der Waals surface area contributed by atoms with Crippen LogP contribution < -0.4 is 5.56 Å². The Morgan fingerprint density at radius 2 is 1.68 bits per heavy atom. The van der Waals surface area contributed by atoms with Crippen LogP contribution in [0.3, 0.4) is 0 Å². The highest BCUT2D eigenvalue weighted by Crippen LogP contribution is 2.36. The van der Waals surface area contributed by atoms with Crippen LogP contribution in [0.25, 0.3) is 21.3 Å². The zero-order valence-corrected chi connectivity index (χ0v) is 18.2. The average Bonchev–Trinajstić information content (AvgIpc) is 3.01. The number of aryl methyl sites for hydroxylation is 2. The molecule has 0 aliphatic rings. The summed E-state index contributed by atoms with van der Waals surface area (Å²) in [6.07, 6.45) is 1.53. The fourth-order valence-electron chi connectivity index (χ4n) is 3.20. The van der Waals surface area contributed by atoms with Crippen LogP contribution in [0.4, 0.5) is 0 Å². The second kappa shape index (κ2) is 7.53. The van der Waals surface area contributed by atoms with Gasteiger partial charge in [0.15, 0.2) is 0 Å². The van der Waals surface area contributed by atoms with Gasteiger partial charge in [0.2, 0.25) is 0 Å². The molecule has 0 N–H and O–H groups in total. The average molecular weight is 450 g/mol. The number of rotatable bonds is 3. The van der Waals surface area contributed by atoms with Gasteiger partial charge in [0.25, 0.3) is 5.56 Å². The fraction of sp³-hybridized carbons (Fsp3) is 0.143. The van der Waals surface area contributed by atoms with Gasteiger partial charge in [-0.25, -0.2) is 4.98 Å². The van der Waals surface area contributed by atoms with Crippen molar-refractivity contribution in [2.75, 3.05) is 0 Å². The van der Waals surface area contributed by atoms with E-state index in [1.54, 1.807) is 12.1 Å². The van der Waals surface area contributed by atoms with Gasteiger partial charge in [0, 0.05) is 21.0 Å². The second-order valence-corrected chi connectivity index (χ2v) is 8.97. The molecule has 4 rings (SSSR count). The van der Waals surface area contributed by atoms with Crippen molar-refractivity contribution in [3.63, 3.8) is 0 Å². The zero-order chi connectivity index (χ0) is 20.0. The topological polar surface area (TPSA) is 34.9 Å². The van der Waals surface area contributed by atoms with E-state index in [4.69, 9.17) is 34.8 Å². The number of nitrogens with zero attached hydrogens (tertiary/aromatic N) is 2. The maximum atomic E-state index is 13.3. The Hall–Kier alpha value is -1.85. The predicted molar refractivity (Wildman–Crippen MR) is 119 cm³/mol. The Morgan fingerprint density at radius 3 is 2.39 bits per heavy atom. The Morgan fingerprint density at radius 1 is 1.00 bits per heavy atom. The van der Waals surface area contributed by atoms with E-state index < -0.39 is 0 Å². The van der Waals surface area contributed by atoms with Crippen molar-refractivity contribution in [3.05, 3.63) is 84.2 Å². The Balaban J connectivity index is 1.90. The van der Waals surface area contributed by atoms with Crippen LogP contribution in [0, 0.1) is 13.8 Å². The van der Waals surface area contributed by atoms with Gasteiger partial charge >= 0.3 is 0 Å². The Kier molecular flexibility index (Phi) is 5.23. The molecule has 142 valence electrons. The lowest BCUT2D eigenvalue weighted by Crippen LogP contribution is -2.21. The summed E-state index contributed by atoms with van der Waals surface area (Å²) in [5, 5.41) is 1.82. The van der Waals surface area contributed by atoms with E-state index in [-0.39, 0.29) is 12.1 Å². The van der Waals surface area contributed by atoms with E-state index in [2.05, 4.69) is 4.98 Å². The van der Waals surface area contributed by atoms with Gasteiger partial charge in [0.1, 0.15) is 4.83 Å². The minimum absolute atomic E-state index is 0.128. The first-order valence-corrected chi connectivity index (χ1v) is 10.5. The van der Waals surface area contributed by atoms with Crippen molar-refractivity contribution in [2.24, 2.45) is 0 Å². The van der Waals surface area contributed by atoms with Crippen LogP contribution in [-0.2, 0) is 6.54 Å². The number of halogens is 3. The molecule has 0 bridgehead atoms. The molecule has 2 aromatic heterocycles. The van der Waals surface area contributed by atoms with Crippen LogP contribution in [0.2, 0.25) is 15.1 Å². The van der Waals surface area contributed by atoms with E-state index in [9.17, 15) is 4.79 Å². The van der Waals surface area contributed by atoms with Crippen LogP contribution in [0.15, 0.2) is 47.5 Å². The minimum atomic E-state index is -0.128. The number of thiophene rings is 1. The first-order chi connectivity index (χ1) is 13.4. The third-order valence-corrected chi connectivity index (χ3v) is 6.87. The van der Waals surface area contributed by atoms with Gasteiger partial charge in [-0.05, 0) is 31.5 Å². The predicted octanol–water partition coefficient (Wildman–Crippen LogP) is 6.75. The quantitative estimate of drug-likeness (QED) is 0.324. The molecule has 0 atom stereocenters. The summed E-state index contributed by atoms with van der Waals surface area (Å²) >= 11 is 20.2. The largest absolute Gasteiger partial charge is 0.294 e. The highest BCUT2D eigenvalue weighted by molar-refractivity contribution is 7.19. The van der Waals surface area contributed by atoms with E-state index in [0.717, 1.165) is 20.8 Å². The molecule has 0 fully saturated rings. The Bertz CT molecular complexity index is 1260. The number of aromatic nitrogens is 2. The van der Waals surface area contributed by atoms with Crippen molar-refractivity contribution >= 4 is 56.4 Å². The molecule has 0 radical (unpaired) electrons. The normalized spacial score (nSPS) is 11.3. The lowest BCUT2D eigenvalue weighted by atomic mass is 10.0. The molecular weight excluding hydrogens is 435 g/mol. The molecular formula is C21H15Cl3N2OS. The molecule has 0 saturated heterocycles. The minimum Gasteiger partial charge on any atom is -0.294 e. The van der Waals surface area contributed by atoms with Crippen LogP contribution >= 0.6 is 46.1 Å². The van der Waals surface area contributed by atoms with Gasteiger partial charge in [-0.3, -0.25) is 9.36 Å². The summed E-state index contributed by atoms with van der Waals surface area (Å²) in [5.41, 5.74) is 3.57. The van der Waals surface area contributed by atoms with E-state index >= 15 is 0 Å². The molecule has 4 aromatic rings. The third kappa shape index (κ3) is 3.35. The number of benzene rings is 2. The summed E-state index contributed by atoms with van der Waals surface area (Å²) < 4.78 is 1.52. The van der Waals surface area contributed by atoms with Crippen molar-refractivity contribution in [3.8, 4) is 11.1 Å². The van der Waals surface area contributed by atoms with Crippen molar-refractivity contribution < 1.29 is 0 Å². The molecule has 2 aromatic carbocycles. The van der Waals surface area contributed by atoms with Gasteiger partial charge in [-0.15, -0.1) is 11.3 Å². The van der Waals surface area contributed by atoms with E-state index in [0.29, 0.717) is 26.0 Å². The van der Waals surface area contributed by atoms with Crippen molar-refractivity contribution in [2.45, 2.75) is 20.4 Å². The number of hydrogen-bond acceptors (Lipinski definition) is 3. The molecule has 0 aliphatic heterocycles. The summed E-state index contributed by atoms with van der Waals surface area (Å²) in [5.74, 6) is 0. The maximum absolute atomic E-state index is 13.3. The fourth-order valence-corrected chi connectivity index (χ4v) is 4.87. The maximum Gasteiger partial charge on any atom is 0.263 e. The third-order valence-electron chi connectivity index (χ3n) is 4.66. The number of hydrogen-bond donors (Lipinski definition) is 0. The van der Waals surface area contributed by atoms with Crippen LogP contribution in [0.1, 0.15) is 16.0 Å². The number of fused-ring (bicyclic) bond motifs is 1. The van der Waals surface area contributed by atoms with Gasteiger partial charge in [-0.1, -0.05) is 64.6 Å². The summed E-state index contributed by atoms with van der Waals surface area (Å²) in [4.78, 5) is 19.6. The van der Waals surface area contributed by atoms with Crippen molar-refractivity contribution in [1.82, 2.24) is 9.55 Å². The molecule has 0 spiro atoms. The second-order valence-electron chi connectivity index (χ2n) is 6.58. The molecule has 0 aliphatic carbocycles. The first kappa shape index (κ1) is 19.5. The van der Waals surface area contributed by atoms with E-state index in [1.807, 2.05) is 38.1 Å². The molecule has 0 unspecified atom stereocenters. The molecule has 7 heteroatoms. The zero-order valence-electron chi connectivity index (χ0n) is 15.1. The van der Waals surface area contributed by atoms with Gasteiger partial charge in [-0.2, -0.15) is 0 Å². The molecule has 3 nitrogen and oxygen atoms in total. The Labute approximate surface area is 181 Å². The standard InChI is InChI=1S/C21H15Cl3N2OS/c1-11-3-5-13(6-4-11)17-12(2)28-20-18(17)21(27)26(10-25-20)9-14-15(22)7-8-16(23)19(14)24/h3-8,10H,9H2,1-2H3. The van der Waals surface area contributed by atoms with Gasteiger partial charge in [0.05, 0.1) is 28.3 Å². The van der Waals surface area contributed by atoms with E-state index in [1.165, 1.54) is 27.8 Å².